The second-order valence-corrected chi connectivity index (χ2v) is 5.43. The average Bonchev–Trinajstić information content (AvgIpc) is 3.17. The van der Waals surface area contributed by atoms with Crippen LogP contribution in [-0.4, -0.2) is 22.1 Å². The molecule has 1 fully saturated rings. The molecule has 0 saturated heterocycles. The molecule has 1 heterocycles. The Kier molecular flexibility index (Phi) is 4.28. The van der Waals surface area contributed by atoms with Crippen molar-refractivity contribution in [3.8, 4) is 11.4 Å². The van der Waals surface area contributed by atoms with Gasteiger partial charge in [-0.1, -0.05) is 48.3 Å². The van der Waals surface area contributed by atoms with Gasteiger partial charge in [0.05, 0.1) is 0 Å². The smallest absolute Gasteiger partial charge is 0.227 e. The Bertz CT molecular complexity index is 589. The first-order chi connectivity index (χ1) is 10.3. The maximum absolute atomic E-state index is 11.8. The largest absolute Gasteiger partial charge is 0.353 e. The van der Waals surface area contributed by atoms with Crippen molar-refractivity contribution in [3.63, 3.8) is 0 Å². The zero-order valence-electron chi connectivity index (χ0n) is 11.9. The standard InChI is InChI=1S/C16H19N3O2/c20-14(17-13-8-4-5-9-13)10-11-15-18-16(19-21-15)12-6-2-1-3-7-12/h1-3,6-7,13H,4-5,8-11H2,(H,17,20). The number of nitrogens with zero attached hydrogens (tertiary/aromatic N) is 2. The van der Waals surface area contributed by atoms with E-state index in [1.807, 2.05) is 30.3 Å². The van der Waals surface area contributed by atoms with Crippen molar-refractivity contribution >= 4 is 5.91 Å². The zero-order valence-corrected chi connectivity index (χ0v) is 11.9. The van der Waals surface area contributed by atoms with Gasteiger partial charge in [-0.15, -0.1) is 0 Å². The SMILES string of the molecule is O=C(CCc1nc(-c2ccccc2)no1)NC1CCCC1. The molecule has 1 aliphatic rings. The molecule has 0 unspecified atom stereocenters. The number of nitrogens with one attached hydrogen (secondary N) is 1. The fourth-order valence-electron chi connectivity index (χ4n) is 2.65. The van der Waals surface area contributed by atoms with Gasteiger partial charge in [-0.25, -0.2) is 0 Å². The molecule has 0 spiro atoms. The Morgan fingerprint density at radius 2 is 2.00 bits per heavy atom. The Morgan fingerprint density at radius 1 is 1.24 bits per heavy atom. The summed E-state index contributed by atoms with van der Waals surface area (Å²) >= 11 is 0. The fourth-order valence-corrected chi connectivity index (χ4v) is 2.65. The van der Waals surface area contributed by atoms with Crippen LogP contribution in [0.15, 0.2) is 34.9 Å². The predicted octanol–water partition coefficient (Wildman–Crippen LogP) is 2.73. The van der Waals surface area contributed by atoms with Gasteiger partial charge in [-0.05, 0) is 12.8 Å². The minimum Gasteiger partial charge on any atom is -0.353 e. The molecule has 0 aliphatic heterocycles. The van der Waals surface area contributed by atoms with E-state index in [4.69, 9.17) is 4.52 Å². The zero-order chi connectivity index (χ0) is 14.5. The highest BCUT2D eigenvalue weighted by atomic mass is 16.5. The molecule has 1 amide bonds. The Morgan fingerprint density at radius 3 is 2.76 bits per heavy atom. The highest BCUT2D eigenvalue weighted by Crippen LogP contribution is 2.18. The highest BCUT2D eigenvalue weighted by Gasteiger charge is 2.17. The van der Waals surface area contributed by atoms with E-state index in [-0.39, 0.29) is 5.91 Å². The van der Waals surface area contributed by atoms with Crippen LogP contribution < -0.4 is 5.32 Å². The molecule has 5 nitrogen and oxygen atoms in total. The van der Waals surface area contributed by atoms with E-state index in [1.54, 1.807) is 0 Å². The maximum Gasteiger partial charge on any atom is 0.227 e. The lowest BCUT2D eigenvalue weighted by molar-refractivity contribution is -0.121. The summed E-state index contributed by atoms with van der Waals surface area (Å²) in [6, 6.07) is 10.0. The van der Waals surface area contributed by atoms with Gasteiger partial charge >= 0.3 is 0 Å². The third-order valence-electron chi connectivity index (χ3n) is 3.79. The van der Waals surface area contributed by atoms with Crippen molar-refractivity contribution in [1.29, 1.82) is 0 Å². The van der Waals surface area contributed by atoms with Gasteiger partial charge in [-0.2, -0.15) is 4.98 Å². The van der Waals surface area contributed by atoms with Crippen molar-refractivity contribution < 1.29 is 9.32 Å². The molecule has 0 bridgehead atoms. The fraction of sp³-hybridized carbons (Fsp3) is 0.438. The monoisotopic (exact) mass is 285 g/mol. The minimum absolute atomic E-state index is 0.0707. The van der Waals surface area contributed by atoms with Crippen molar-refractivity contribution in [2.75, 3.05) is 0 Å². The minimum atomic E-state index is 0.0707. The van der Waals surface area contributed by atoms with Gasteiger partial charge in [0, 0.05) is 24.4 Å². The van der Waals surface area contributed by atoms with Gasteiger partial charge in [-0.3, -0.25) is 4.79 Å². The molecule has 1 aliphatic carbocycles. The molecular weight excluding hydrogens is 266 g/mol. The summed E-state index contributed by atoms with van der Waals surface area (Å²) < 4.78 is 5.20. The van der Waals surface area contributed by atoms with Gasteiger partial charge in [0.1, 0.15) is 0 Å². The Labute approximate surface area is 123 Å². The van der Waals surface area contributed by atoms with E-state index in [0.717, 1.165) is 18.4 Å². The molecule has 110 valence electrons. The Balaban J connectivity index is 1.51. The third-order valence-corrected chi connectivity index (χ3v) is 3.79. The van der Waals surface area contributed by atoms with Crippen LogP contribution in [0.4, 0.5) is 0 Å². The normalized spacial score (nSPS) is 15.2. The predicted molar refractivity (Wildman–Crippen MR) is 78.5 cm³/mol. The number of carbonyl (C=O) groups is 1. The highest BCUT2D eigenvalue weighted by molar-refractivity contribution is 5.76. The first kappa shape index (κ1) is 13.8. The molecule has 0 radical (unpaired) electrons. The second kappa shape index (κ2) is 6.52. The lowest BCUT2D eigenvalue weighted by Gasteiger charge is -2.10. The topological polar surface area (TPSA) is 68.0 Å². The number of amides is 1. The molecule has 2 aromatic rings. The van der Waals surface area contributed by atoms with E-state index in [2.05, 4.69) is 15.5 Å². The van der Waals surface area contributed by atoms with Crippen LogP contribution in [0.5, 0.6) is 0 Å². The molecule has 21 heavy (non-hydrogen) atoms. The summed E-state index contributed by atoms with van der Waals surface area (Å²) in [4.78, 5) is 16.2. The quantitative estimate of drug-likeness (QED) is 0.917. The van der Waals surface area contributed by atoms with Crippen molar-refractivity contribution in [1.82, 2.24) is 15.5 Å². The molecule has 1 saturated carbocycles. The maximum atomic E-state index is 11.8. The lowest BCUT2D eigenvalue weighted by Crippen LogP contribution is -2.32. The van der Waals surface area contributed by atoms with Gasteiger partial charge in [0.15, 0.2) is 0 Å². The van der Waals surface area contributed by atoms with Gasteiger partial charge in [0.25, 0.3) is 0 Å². The number of aryl methyl sites for hydroxylation is 1. The summed E-state index contributed by atoms with van der Waals surface area (Å²) in [7, 11) is 0. The molecule has 1 aromatic heterocycles. The van der Waals surface area contributed by atoms with Crippen LogP contribution >= 0.6 is 0 Å². The summed E-state index contributed by atoms with van der Waals surface area (Å²) in [6.45, 7) is 0. The third kappa shape index (κ3) is 3.68. The molecular formula is C16H19N3O2. The molecule has 3 rings (SSSR count). The molecule has 1 N–H and O–H groups in total. The first-order valence-corrected chi connectivity index (χ1v) is 7.48. The summed E-state index contributed by atoms with van der Waals surface area (Å²) in [5, 5.41) is 7.01. The van der Waals surface area contributed by atoms with Crippen LogP contribution in [0.1, 0.15) is 38.0 Å². The second-order valence-electron chi connectivity index (χ2n) is 5.43. The van der Waals surface area contributed by atoms with Crippen LogP contribution in [0.3, 0.4) is 0 Å². The summed E-state index contributed by atoms with van der Waals surface area (Å²) in [5.74, 6) is 1.15. The molecule has 1 aromatic carbocycles. The summed E-state index contributed by atoms with van der Waals surface area (Å²) in [5.41, 5.74) is 0.919. The van der Waals surface area contributed by atoms with Crippen LogP contribution in [0.2, 0.25) is 0 Å². The lowest BCUT2D eigenvalue weighted by atomic mass is 10.2. The number of carbonyl (C=O) groups excluding carboxylic acids is 1. The number of hydrogen-bond acceptors (Lipinski definition) is 4. The van der Waals surface area contributed by atoms with E-state index in [1.165, 1.54) is 12.8 Å². The van der Waals surface area contributed by atoms with Crippen LogP contribution in [-0.2, 0) is 11.2 Å². The number of benzene rings is 1. The van der Waals surface area contributed by atoms with Gasteiger partial charge in [0.2, 0.25) is 17.6 Å². The van der Waals surface area contributed by atoms with Crippen molar-refractivity contribution in [2.24, 2.45) is 0 Å². The van der Waals surface area contributed by atoms with Crippen molar-refractivity contribution in [3.05, 3.63) is 36.2 Å². The first-order valence-electron chi connectivity index (χ1n) is 7.48. The van der Waals surface area contributed by atoms with E-state index < -0.39 is 0 Å². The van der Waals surface area contributed by atoms with Crippen molar-refractivity contribution in [2.45, 2.75) is 44.6 Å². The van der Waals surface area contributed by atoms with Crippen LogP contribution in [0, 0.1) is 0 Å². The number of aromatic nitrogens is 2. The van der Waals surface area contributed by atoms with Gasteiger partial charge < -0.3 is 9.84 Å². The molecule has 5 heteroatoms. The van der Waals surface area contributed by atoms with E-state index >= 15 is 0 Å². The summed E-state index contributed by atoms with van der Waals surface area (Å²) in [6.07, 6.45) is 5.52. The average molecular weight is 285 g/mol. The van der Waals surface area contributed by atoms with E-state index in [9.17, 15) is 4.79 Å². The number of rotatable bonds is 5. The molecule has 0 atom stereocenters. The van der Waals surface area contributed by atoms with Crippen LogP contribution in [0.25, 0.3) is 11.4 Å². The Hall–Kier alpha value is -2.17. The number of hydrogen-bond donors (Lipinski definition) is 1. The van der Waals surface area contributed by atoms with E-state index in [0.29, 0.717) is 30.6 Å².